The molecule has 0 radical (unpaired) electrons. The predicted octanol–water partition coefficient (Wildman–Crippen LogP) is 4.08. The number of aryl methyl sites for hydroxylation is 2. The average Bonchev–Trinajstić information content (AvgIpc) is 3.33. The van der Waals surface area contributed by atoms with Crippen molar-refractivity contribution in [3.8, 4) is 17.1 Å². The maximum Gasteiger partial charge on any atom is 0.191 e. The van der Waals surface area contributed by atoms with E-state index in [1.165, 1.54) is 5.56 Å². The minimum absolute atomic E-state index is 0.598. The van der Waals surface area contributed by atoms with Crippen LogP contribution in [0.2, 0.25) is 0 Å². The smallest absolute Gasteiger partial charge is 0.191 e. The summed E-state index contributed by atoms with van der Waals surface area (Å²) in [4.78, 5) is 4.09. The molecule has 3 heterocycles. The van der Waals surface area contributed by atoms with Crippen molar-refractivity contribution >= 4 is 11.8 Å². The van der Waals surface area contributed by atoms with Crippen LogP contribution in [0.15, 0.2) is 60.0 Å². The second-order valence-corrected chi connectivity index (χ2v) is 7.92. The van der Waals surface area contributed by atoms with Gasteiger partial charge in [0.05, 0.1) is 24.5 Å². The monoisotopic (exact) mass is 420 g/mol. The van der Waals surface area contributed by atoms with Crippen molar-refractivity contribution in [2.45, 2.75) is 31.3 Å². The Labute approximate surface area is 180 Å². The molecule has 154 valence electrons. The van der Waals surface area contributed by atoms with E-state index in [1.807, 2.05) is 23.7 Å². The number of thioether (sulfide) groups is 1. The number of nitrogens with zero attached hydrogens (tertiary/aromatic N) is 6. The lowest BCUT2D eigenvalue weighted by atomic mass is 10.2. The first-order valence-electron chi connectivity index (χ1n) is 9.73. The summed E-state index contributed by atoms with van der Waals surface area (Å²) < 4.78 is 9.36. The number of benzene rings is 1. The van der Waals surface area contributed by atoms with Gasteiger partial charge in [-0.3, -0.25) is 9.55 Å². The Morgan fingerprint density at radius 3 is 2.43 bits per heavy atom. The van der Waals surface area contributed by atoms with E-state index in [0.717, 1.165) is 39.4 Å². The highest BCUT2D eigenvalue weighted by molar-refractivity contribution is 7.98. The molecule has 0 N–H and O–H groups in total. The molecule has 8 heteroatoms. The van der Waals surface area contributed by atoms with Crippen molar-refractivity contribution < 1.29 is 4.74 Å². The zero-order chi connectivity index (χ0) is 20.9. The largest absolute Gasteiger partial charge is 0.383 e. The summed E-state index contributed by atoms with van der Waals surface area (Å²) in [6.45, 7) is 5.37. The lowest BCUT2D eigenvalue weighted by Crippen LogP contribution is -2.07. The van der Waals surface area contributed by atoms with Crippen LogP contribution in [0.25, 0.3) is 17.1 Å². The zero-order valence-electron chi connectivity index (χ0n) is 17.3. The van der Waals surface area contributed by atoms with Crippen LogP contribution in [0, 0.1) is 13.8 Å². The summed E-state index contributed by atoms with van der Waals surface area (Å²) in [5.41, 5.74) is 5.43. The molecule has 7 nitrogen and oxygen atoms in total. The number of ether oxygens (including phenoxy) is 1. The Bertz CT molecular complexity index is 1100. The summed E-state index contributed by atoms with van der Waals surface area (Å²) in [5.74, 6) is 1.63. The van der Waals surface area contributed by atoms with Crippen molar-refractivity contribution in [1.82, 2.24) is 29.5 Å². The molecule has 0 atom stereocenters. The molecule has 0 fully saturated rings. The van der Waals surface area contributed by atoms with Gasteiger partial charge < -0.3 is 4.74 Å². The first-order chi connectivity index (χ1) is 14.7. The molecule has 4 rings (SSSR count). The molecule has 0 saturated carbocycles. The molecule has 0 unspecified atom stereocenters. The predicted molar refractivity (Wildman–Crippen MR) is 118 cm³/mol. The molecule has 0 bridgehead atoms. The van der Waals surface area contributed by atoms with E-state index in [0.29, 0.717) is 13.2 Å². The van der Waals surface area contributed by atoms with E-state index in [9.17, 15) is 0 Å². The van der Waals surface area contributed by atoms with Crippen LogP contribution in [0.3, 0.4) is 0 Å². The second kappa shape index (κ2) is 9.23. The zero-order valence-corrected chi connectivity index (χ0v) is 18.1. The van der Waals surface area contributed by atoms with E-state index < -0.39 is 0 Å². The van der Waals surface area contributed by atoms with Crippen LogP contribution in [0.4, 0.5) is 0 Å². The van der Waals surface area contributed by atoms with Crippen molar-refractivity contribution in [3.63, 3.8) is 0 Å². The van der Waals surface area contributed by atoms with Crippen LogP contribution in [0.1, 0.15) is 17.0 Å². The van der Waals surface area contributed by atoms with Gasteiger partial charge in [-0.25, -0.2) is 4.68 Å². The highest BCUT2D eigenvalue weighted by Crippen LogP contribution is 2.26. The SMILES string of the molecule is COCCn1c(SCc2ccc(-n3nc(C)cc3C)cc2)nnc1-c1ccncc1. The number of methoxy groups -OCH3 is 1. The van der Waals surface area contributed by atoms with Gasteiger partial charge in [0.15, 0.2) is 11.0 Å². The van der Waals surface area contributed by atoms with Crippen LogP contribution in [-0.4, -0.2) is 43.2 Å². The van der Waals surface area contributed by atoms with Gasteiger partial charge in [0.25, 0.3) is 0 Å². The molecule has 0 aliphatic carbocycles. The standard InChI is InChI=1S/C22H24N6OS/c1-16-14-17(2)28(26-16)20-6-4-18(5-7-20)15-30-22-25-24-21(27(22)12-13-29-3)19-8-10-23-11-9-19/h4-11,14H,12-13,15H2,1-3H3. The lowest BCUT2D eigenvalue weighted by Gasteiger charge is -2.10. The van der Waals surface area contributed by atoms with E-state index in [1.54, 1.807) is 31.3 Å². The summed E-state index contributed by atoms with van der Waals surface area (Å²) in [6, 6.07) is 14.5. The number of aromatic nitrogens is 6. The van der Waals surface area contributed by atoms with E-state index >= 15 is 0 Å². The topological polar surface area (TPSA) is 70.7 Å². The molecule has 0 amide bonds. The van der Waals surface area contributed by atoms with Crippen LogP contribution in [0.5, 0.6) is 0 Å². The maximum atomic E-state index is 5.28. The van der Waals surface area contributed by atoms with Gasteiger partial charge in [0.2, 0.25) is 0 Å². The average molecular weight is 421 g/mol. The van der Waals surface area contributed by atoms with Crippen LogP contribution >= 0.6 is 11.8 Å². The molecule has 1 aromatic carbocycles. The molecule has 0 aliphatic heterocycles. The molecule has 0 spiro atoms. The summed E-state index contributed by atoms with van der Waals surface area (Å²) in [6.07, 6.45) is 3.53. The number of pyridine rings is 1. The Balaban J connectivity index is 1.50. The van der Waals surface area contributed by atoms with E-state index in [-0.39, 0.29) is 0 Å². The van der Waals surface area contributed by atoms with E-state index in [2.05, 4.69) is 62.1 Å². The van der Waals surface area contributed by atoms with Gasteiger partial charge in [-0.15, -0.1) is 10.2 Å². The van der Waals surface area contributed by atoms with Crippen molar-refractivity contribution in [3.05, 3.63) is 71.8 Å². The Hall–Kier alpha value is -2.97. The molecule has 0 saturated heterocycles. The highest BCUT2D eigenvalue weighted by atomic mass is 32.2. The van der Waals surface area contributed by atoms with Crippen molar-refractivity contribution in [1.29, 1.82) is 0 Å². The summed E-state index contributed by atoms with van der Waals surface area (Å²) in [5, 5.41) is 14.3. The minimum Gasteiger partial charge on any atom is -0.383 e. The van der Waals surface area contributed by atoms with Crippen LogP contribution in [-0.2, 0) is 17.0 Å². The van der Waals surface area contributed by atoms with Gasteiger partial charge >= 0.3 is 0 Å². The minimum atomic E-state index is 0.598. The Morgan fingerprint density at radius 1 is 1.00 bits per heavy atom. The molecule has 30 heavy (non-hydrogen) atoms. The molecule has 3 aromatic heterocycles. The molecule has 4 aromatic rings. The van der Waals surface area contributed by atoms with Crippen molar-refractivity contribution in [2.24, 2.45) is 0 Å². The fourth-order valence-electron chi connectivity index (χ4n) is 3.27. The molecular weight excluding hydrogens is 396 g/mol. The van der Waals surface area contributed by atoms with Gasteiger partial charge in [0.1, 0.15) is 0 Å². The fraction of sp³-hybridized carbons (Fsp3) is 0.273. The number of hydrogen-bond acceptors (Lipinski definition) is 6. The fourth-order valence-corrected chi connectivity index (χ4v) is 4.19. The van der Waals surface area contributed by atoms with Gasteiger partial charge in [0, 0.05) is 36.5 Å². The third kappa shape index (κ3) is 4.44. The summed E-state index contributed by atoms with van der Waals surface area (Å²) in [7, 11) is 1.70. The van der Waals surface area contributed by atoms with Crippen molar-refractivity contribution in [2.75, 3.05) is 13.7 Å². The maximum absolute atomic E-state index is 5.28. The van der Waals surface area contributed by atoms with Gasteiger partial charge in [-0.2, -0.15) is 5.10 Å². The van der Waals surface area contributed by atoms with Crippen LogP contribution < -0.4 is 0 Å². The van der Waals surface area contributed by atoms with Gasteiger partial charge in [-0.05, 0) is 49.7 Å². The number of rotatable bonds is 8. The third-order valence-corrected chi connectivity index (χ3v) is 5.77. The number of hydrogen-bond donors (Lipinski definition) is 0. The first kappa shape index (κ1) is 20.3. The third-order valence-electron chi connectivity index (χ3n) is 4.73. The Morgan fingerprint density at radius 2 is 1.77 bits per heavy atom. The lowest BCUT2D eigenvalue weighted by molar-refractivity contribution is 0.185. The normalized spacial score (nSPS) is 11.2. The Kier molecular flexibility index (Phi) is 6.25. The van der Waals surface area contributed by atoms with Gasteiger partial charge in [-0.1, -0.05) is 23.9 Å². The second-order valence-electron chi connectivity index (χ2n) is 6.98. The molecular formula is C22H24N6OS. The molecule has 0 aliphatic rings. The quantitative estimate of drug-likeness (QED) is 0.400. The van der Waals surface area contributed by atoms with E-state index in [4.69, 9.17) is 4.74 Å². The highest BCUT2D eigenvalue weighted by Gasteiger charge is 2.14. The summed E-state index contributed by atoms with van der Waals surface area (Å²) >= 11 is 1.67. The first-order valence-corrected chi connectivity index (χ1v) is 10.7.